The van der Waals surface area contributed by atoms with Crippen LogP contribution in [0.2, 0.25) is 0 Å². The lowest BCUT2D eigenvalue weighted by Gasteiger charge is -2.12. The highest BCUT2D eigenvalue weighted by Gasteiger charge is 2.33. The molecule has 3 aromatic heterocycles. The molecule has 0 spiro atoms. The van der Waals surface area contributed by atoms with Gasteiger partial charge in [0.2, 0.25) is 0 Å². The first-order valence-corrected chi connectivity index (χ1v) is 9.90. The van der Waals surface area contributed by atoms with Crippen molar-refractivity contribution in [2.75, 3.05) is 0 Å². The molecule has 0 saturated carbocycles. The van der Waals surface area contributed by atoms with Crippen molar-refractivity contribution in [2.45, 2.75) is 20.0 Å². The lowest BCUT2D eigenvalue weighted by atomic mass is 10.1. The Morgan fingerprint density at radius 1 is 1.23 bits per heavy atom. The highest BCUT2D eigenvalue weighted by molar-refractivity contribution is 7.11. The van der Waals surface area contributed by atoms with Gasteiger partial charge in [-0.1, -0.05) is 17.3 Å². The SMILES string of the molecule is Cc1ccsc1/C=N/NC(=O)c1nnn(-c2ccnc3c(C(F)(F)F)cccc23)c1C. The number of carbonyl (C=O) groups is 1. The molecule has 0 radical (unpaired) electrons. The Labute approximate surface area is 178 Å². The number of aryl methyl sites for hydroxylation is 1. The number of alkyl halides is 3. The van der Waals surface area contributed by atoms with E-state index in [1.165, 1.54) is 46.6 Å². The van der Waals surface area contributed by atoms with Gasteiger partial charge in [-0.25, -0.2) is 10.1 Å². The van der Waals surface area contributed by atoms with Crippen LogP contribution in [0.4, 0.5) is 13.2 Å². The lowest BCUT2D eigenvalue weighted by molar-refractivity contribution is -0.136. The van der Waals surface area contributed by atoms with Crippen molar-refractivity contribution in [1.82, 2.24) is 25.4 Å². The second-order valence-electron chi connectivity index (χ2n) is 6.63. The topological polar surface area (TPSA) is 85.1 Å². The first-order valence-electron chi connectivity index (χ1n) is 9.02. The molecule has 4 aromatic rings. The van der Waals surface area contributed by atoms with E-state index >= 15 is 0 Å². The number of hydrazone groups is 1. The summed E-state index contributed by atoms with van der Waals surface area (Å²) in [6, 6.07) is 7.24. The number of benzene rings is 1. The van der Waals surface area contributed by atoms with Crippen molar-refractivity contribution in [3.8, 4) is 5.69 Å². The average molecular weight is 444 g/mol. The number of halogens is 3. The van der Waals surface area contributed by atoms with Gasteiger partial charge in [-0.05, 0) is 43.0 Å². The molecule has 1 aromatic carbocycles. The summed E-state index contributed by atoms with van der Waals surface area (Å²) in [6.45, 7) is 3.53. The largest absolute Gasteiger partial charge is 0.418 e. The standard InChI is InChI=1S/C20H15F3N6OS/c1-11-7-9-31-16(11)10-25-27-19(30)17-12(2)29(28-26-17)15-6-8-24-18-13(15)4-3-5-14(18)20(21,22)23/h3-10H,1-2H3,(H,27,30)/b25-10+. The summed E-state index contributed by atoms with van der Waals surface area (Å²) in [5.41, 5.74) is 3.08. The maximum atomic E-state index is 13.3. The normalized spacial score (nSPS) is 12.0. The molecule has 0 aliphatic carbocycles. The average Bonchev–Trinajstić information content (AvgIpc) is 3.31. The van der Waals surface area contributed by atoms with E-state index in [1.807, 2.05) is 18.4 Å². The van der Waals surface area contributed by atoms with Crippen LogP contribution in [-0.2, 0) is 6.18 Å². The van der Waals surface area contributed by atoms with E-state index in [-0.39, 0.29) is 16.6 Å². The molecule has 7 nitrogen and oxygen atoms in total. The molecule has 4 rings (SSSR count). The number of aromatic nitrogens is 4. The highest BCUT2D eigenvalue weighted by Crippen LogP contribution is 2.35. The van der Waals surface area contributed by atoms with Crippen molar-refractivity contribution < 1.29 is 18.0 Å². The molecule has 0 aliphatic rings. The molecule has 158 valence electrons. The number of pyridine rings is 1. The van der Waals surface area contributed by atoms with Crippen LogP contribution in [0.15, 0.2) is 47.0 Å². The summed E-state index contributed by atoms with van der Waals surface area (Å²) in [7, 11) is 0. The number of hydrogen-bond donors (Lipinski definition) is 1. The Morgan fingerprint density at radius 2 is 2.03 bits per heavy atom. The van der Waals surface area contributed by atoms with E-state index < -0.39 is 17.6 Å². The number of amides is 1. The van der Waals surface area contributed by atoms with Crippen molar-refractivity contribution in [2.24, 2.45) is 5.10 Å². The molecule has 31 heavy (non-hydrogen) atoms. The first-order chi connectivity index (χ1) is 14.8. The molecule has 0 atom stereocenters. The van der Waals surface area contributed by atoms with E-state index in [4.69, 9.17) is 0 Å². The Morgan fingerprint density at radius 3 is 2.74 bits per heavy atom. The Hall–Kier alpha value is -3.60. The van der Waals surface area contributed by atoms with Crippen LogP contribution in [-0.4, -0.2) is 32.1 Å². The predicted molar refractivity (Wildman–Crippen MR) is 111 cm³/mol. The van der Waals surface area contributed by atoms with Crippen LogP contribution >= 0.6 is 11.3 Å². The lowest BCUT2D eigenvalue weighted by Crippen LogP contribution is -2.19. The molecule has 0 aliphatic heterocycles. The summed E-state index contributed by atoms with van der Waals surface area (Å²) >= 11 is 1.49. The van der Waals surface area contributed by atoms with Crippen molar-refractivity contribution in [3.63, 3.8) is 0 Å². The molecular formula is C20H15F3N6OS. The fraction of sp³-hybridized carbons (Fsp3) is 0.150. The van der Waals surface area contributed by atoms with Gasteiger partial charge in [0.05, 0.1) is 28.7 Å². The second kappa shape index (κ2) is 7.91. The molecule has 1 amide bonds. The van der Waals surface area contributed by atoms with E-state index in [9.17, 15) is 18.0 Å². The minimum absolute atomic E-state index is 0.0111. The smallest absolute Gasteiger partial charge is 0.265 e. The van der Waals surface area contributed by atoms with Crippen molar-refractivity contribution in [1.29, 1.82) is 0 Å². The van der Waals surface area contributed by atoms with Gasteiger partial charge in [-0.2, -0.15) is 18.3 Å². The molecule has 0 fully saturated rings. The summed E-state index contributed by atoms with van der Waals surface area (Å²) in [5.74, 6) is -0.580. The third-order valence-electron chi connectivity index (χ3n) is 4.64. The van der Waals surface area contributed by atoms with Gasteiger partial charge in [-0.3, -0.25) is 9.78 Å². The van der Waals surface area contributed by atoms with Gasteiger partial charge in [0.15, 0.2) is 5.69 Å². The number of carbonyl (C=O) groups excluding carboxylic acids is 1. The van der Waals surface area contributed by atoms with Gasteiger partial charge in [-0.15, -0.1) is 16.4 Å². The highest BCUT2D eigenvalue weighted by atomic mass is 32.1. The number of thiophene rings is 1. The van der Waals surface area contributed by atoms with Gasteiger partial charge in [0.1, 0.15) is 0 Å². The number of fused-ring (bicyclic) bond motifs is 1. The first kappa shape index (κ1) is 20.7. The zero-order valence-electron chi connectivity index (χ0n) is 16.3. The monoisotopic (exact) mass is 444 g/mol. The maximum Gasteiger partial charge on any atom is 0.418 e. The molecule has 0 unspecified atom stereocenters. The van der Waals surface area contributed by atoms with E-state index in [0.717, 1.165) is 16.5 Å². The number of nitrogens with zero attached hydrogens (tertiary/aromatic N) is 5. The van der Waals surface area contributed by atoms with Gasteiger partial charge < -0.3 is 0 Å². The Bertz CT molecular complexity index is 1310. The van der Waals surface area contributed by atoms with E-state index in [2.05, 4.69) is 25.8 Å². The van der Waals surface area contributed by atoms with Crippen LogP contribution < -0.4 is 5.43 Å². The minimum Gasteiger partial charge on any atom is -0.265 e. The Balaban J connectivity index is 1.67. The van der Waals surface area contributed by atoms with Gasteiger partial charge in [0, 0.05) is 16.5 Å². The summed E-state index contributed by atoms with van der Waals surface area (Å²) < 4.78 is 41.3. The predicted octanol–water partition coefficient (Wildman–Crippen LogP) is 4.28. The quantitative estimate of drug-likeness (QED) is 0.376. The van der Waals surface area contributed by atoms with Crippen molar-refractivity contribution >= 4 is 34.4 Å². The minimum atomic E-state index is -4.55. The molecule has 0 bridgehead atoms. The van der Waals surface area contributed by atoms with Crippen LogP contribution in [0.1, 0.15) is 32.2 Å². The summed E-state index contributed by atoms with van der Waals surface area (Å²) in [5, 5.41) is 13.9. The number of hydrogen-bond acceptors (Lipinski definition) is 6. The fourth-order valence-corrected chi connectivity index (χ4v) is 3.85. The zero-order valence-corrected chi connectivity index (χ0v) is 17.1. The Kier molecular flexibility index (Phi) is 5.27. The molecule has 1 N–H and O–H groups in total. The molecule has 0 saturated heterocycles. The third-order valence-corrected chi connectivity index (χ3v) is 5.59. The van der Waals surface area contributed by atoms with Crippen molar-refractivity contribution in [3.05, 3.63) is 69.3 Å². The molecular weight excluding hydrogens is 429 g/mol. The maximum absolute atomic E-state index is 13.3. The van der Waals surface area contributed by atoms with Gasteiger partial charge >= 0.3 is 6.18 Å². The zero-order chi connectivity index (χ0) is 22.2. The molecule has 3 heterocycles. The number of nitrogens with one attached hydrogen (secondary N) is 1. The second-order valence-corrected chi connectivity index (χ2v) is 7.58. The fourth-order valence-electron chi connectivity index (χ4n) is 3.06. The van der Waals surface area contributed by atoms with Crippen LogP contribution in [0.25, 0.3) is 16.6 Å². The van der Waals surface area contributed by atoms with Gasteiger partial charge in [0.25, 0.3) is 5.91 Å². The molecule has 11 heteroatoms. The summed E-state index contributed by atoms with van der Waals surface area (Å²) in [4.78, 5) is 17.3. The number of para-hydroxylation sites is 1. The number of rotatable bonds is 4. The van der Waals surface area contributed by atoms with E-state index in [1.54, 1.807) is 6.92 Å². The van der Waals surface area contributed by atoms with E-state index in [0.29, 0.717) is 11.4 Å². The van der Waals surface area contributed by atoms with Crippen LogP contribution in [0, 0.1) is 13.8 Å². The third kappa shape index (κ3) is 3.91. The summed E-state index contributed by atoms with van der Waals surface area (Å²) in [6.07, 6.45) is -1.75. The van der Waals surface area contributed by atoms with Crippen LogP contribution in [0.5, 0.6) is 0 Å². The van der Waals surface area contributed by atoms with Crippen LogP contribution in [0.3, 0.4) is 0 Å².